The minimum atomic E-state index is -0.710. The number of pyridine rings is 1. The van der Waals surface area contributed by atoms with Gasteiger partial charge >= 0.3 is 0 Å². The topological polar surface area (TPSA) is 54.0 Å². The number of nitrogens with one attached hydrogen (secondary N) is 2. The van der Waals surface area contributed by atoms with E-state index in [1.807, 2.05) is 18.2 Å². The quantitative estimate of drug-likeness (QED) is 0.643. The van der Waals surface area contributed by atoms with Crippen molar-refractivity contribution in [2.24, 2.45) is 0 Å². The van der Waals surface area contributed by atoms with Crippen molar-refractivity contribution in [3.63, 3.8) is 0 Å². The van der Waals surface area contributed by atoms with E-state index in [9.17, 15) is 13.6 Å². The molecule has 0 aliphatic rings. The fourth-order valence-electron chi connectivity index (χ4n) is 2.45. The summed E-state index contributed by atoms with van der Waals surface area (Å²) in [5.41, 5.74) is 1.87. The van der Waals surface area contributed by atoms with Gasteiger partial charge in [-0.3, -0.25) is 4.79 Å². The van der Waals surface area contributed by atoms with Gasteiger partial charge in [-0.25, -0.2) is 13.8 Å². The van der Waals surface area contributed by atoms with E-state index in [1.165, 1.54) is 18.3 Å². The number of halogens is 3. The van der Waals surface area contributed by atoms with Crippen molar-refractivity contribution in [2.75, 3.05) is 11.9 Å². The van der Waals surface area contributed by atoms with Crippen LogP contribution in [0.1, 0.15) is 16.1 Å². The van der Waals surface area contributed by atoms with Gasteiger partial charge in [0.25, 0.3) is 5.91 Å². The number of rotatable bonds is 6. The van der Waals surface area contributed by atoms with Crippen molar-refractivity contribution in [1.82, 2.24) is 10.3 Å². The molecular weight excluding hydrogens is 372 g/mol. The second kappa shape index (κ2) is 8.60. The third kappa shape index (κ3) is 5.24. The van der Waals surface area contributed by atoms with E-state index in [2.05, 4.69) is 15.6 Å². The van der Waals surface area contributed by atoms with Crippen molar-refractivity contribution in [2.45, 2.75) is 6.42 Å². The van der Waals surface area contributed by atoms with Gasteiger partial charge in [-0.1, -0.05) is 23.7 Å². The number of aromatic nitrogens is 1. The maximum atomic E-state index is 13.7. The Balaban J connectivity index is 1.55. The van der Waals surface area contributed by atoms with Crippen molar-refractivity contribution in [1.29, 1.82) is 0 Å². The maximum Gasteiger partial charge on any atom is 0.269 e. The number of carbonyl (C=O) groups is 1. The SMILES string of the molecule is O=C(NCCc1cccc(Cl)c1)c1ccc(Nc2ccc(F)cc2F)cn1. The van der Waals surface area contributed by atoms with Gasteiger partial charge in [0.15, 0.2) is 0 Å². The van der Waals surface area contributed by atoms with Gasteiger partial charge in [0.2, 0.25) is 0 Å². The molecule has 0 radical (unpaired) electrons. The first-order chi connectivity index (χ1) is 13.0. The summed E-state index contributed by atoms with van der Waals surface area (Å²) >= 11 is 5.93. The zero-order valence-corrected chi connectivity index (χ0v) is 14.9. The van der Waals surface area contributed by atoms with E-state index in [0.29, 0.717) is 23.7 Å². The first kappa shape index (κ1) is 18.8. The Morgan fingerprint density at radius 3 is 2.63 bits per heavy atom. The van der Waals surface area contributed by atoms with Crippen molar-refractivity contribution in [3.05, 3.63) is 88.7 Å². The molecule has 4 nitrogen and oxygen atoms in total. The van der Waals surface area contributed by atoms with E-state index in [-0.39, 0.29) is 17.3 Å². The molecule has 3 aromatic rings. The molecule has 0 aliphatic heterocycles. The lowest BCUT2D eigenvalue weighted by molar-refractivity contribution is 0.0949. The number of hydrogen-bond acceptors (Lipinski definition) is 3. The predicted molar refractivity (Wildman–Crippen MR) is 101 cm³/mol. The summed E-state index contributed by atoms with van der Waals surface area (Å²) < 4.78 is 26.6. The molecule has 27 heavy (non-hydrogen) atoms. The minimum Gasteiger partial charge on any atom is -0.352 e. The molecule has 0 saturated carbocycles. The van der Waals surface area contributed by atoms with Crippen LogP contribution in [0, 0.1) is 11.6 Å². The molecule has 0 fully saturated rings. The molecule has 0 bridgehead atoms. The highest BCUT2D eigenvalue weighted by molar-refractivity contribution is 6.30. The van der Waals surface area contributed by atoms with Crippen molar-refractivity contribution < 1.29 is 13.6 Å². The molecule has 138 valence electrons. The Bertz CT molecular complexity index is 948. The fraction of sp³-hybridized carbons (Fsp3) is 0.100. The van der Waals surface area contributed by atoms with Crippen LogP contribution in [0.15, 0.2) is 60.8 Å². The van der Waals surface area contributed by atoms with Crippen LogP contribution in [0.2, 0.25) is 5.02 Å². The van der Waals surface area contributed by atoms with E-state index in [0.717, 1.165) is 17.7 Å². The summed E-state index contributed by atoms with van der Waals surface area (Å²) in [7, 11) is 0. The lowest BCUT2D eigenvalue weighted by atomic mass is 10.1. The van der Waals surface area contributed by atoms with E-state index >= 15 is 0 Å². The third-order valence-electron chi connectivity index (χ3n) is 3.79. The van der Waals surface area contributed by atoms with Crippen LogP contribution >= 0.6 is 11.6 Å². The molecule has 0 atom stereocenters. The van der Waals surface area contributed by atoms with Crippen LogP contribution in [0.5, 0.6) is 0 Å². The first-order valence-corrected chi connectivity index (χ1v) is 8.60. The average molecular weight is 388 g/mol. The molecule has 7 heteroatoms. The number of amides is 1. The first-order valence-electron chi connectivity index (χ1n) is 8.22. The highest BCUT2D eigenvalue weighted by Crippen LogP contribution is 2.20. The average Bonchev–Trinajstić information content (AvgIpc) is 2.64. The largest absolute Gasteiger partial charge is 0.352 e. The third-order valence-corrected chi connectivity index (χ3v) is 4.03. The summed E-state index contributed by atoms with van der Waals surface area (Å²) in [5, 5.41) is 6.23. The second-order valence-electron chi connectivity index (χ2n) is 5.82. The van der Waals surface area contributed by atoms with Crippen molar-refractivity contribution in [3.8, 4) is 0 Å². The summed E-state index contributed by atoms with van der Waals surface area (Å²) in [6.45, 7) is 0.446. The van der Waals surface area contributed by atoms with Gasteiger partial charge in [-0.2, -0.15) is 0 Å². The molecule has 0 spiro atoms. The molecule has 0 unspecified atom stereocenters. The van der Waals surface area contributed by atoms with Gasteiger partial charge in [0.05, 0.1) is 17.6 Å². The zero-order valence-electron chi connectivity index (χ0n) is 14.2. The van der Waals surface area contributed by atoms with Crippen LogP contribution in [0.3, 0.4) is 0 Å². The number of carbonyl (C=O) groups excluding carboxylic acids is 1. The smallest absolute Gasteiger partial charge is 0.269 e. The summed E-state index contributed by atoms with van der Waals surface area (Å²) in [6.07, 6.45) is 2.06. The van der Waals surface area contributed by atoms with Gasteiger partial charge in [0, 0.05) is 17.6 Å². The molecule has 1 amide bonds. The van der Waals surface area contributed by atoms with Crippen LogP contribution < -0.4 is 10.6 Å². The fourth-order valence-corrected chi connectivity index (χ4v) is 2.66. The Morgan fingerprint density at radius 2 is 1.93 bits per heavy atom. The van der Waals surface area contributed by atoms with Crippen LogP contribution in [-0.4, -0.2) is 17.4 Å². The molecule has 2 aromatic carbocycles. The standard InChI is InChI=1S/C20H16ClF2N3O/c21-14-3-1-2-13(10-14)8-9-24-20(27)19-7-5-16(12-25-19)26-18-6-4-15(22)11-17(18)23/h1-7,10-12,26H,8-9H2,(H,24,27). The predicted octanol–water partition coefficient (Wildman–Crippen LogP) is 4.73. The summed E-state index contributed by atoms with van der Waals surface area (Å²) in [4.78, 5) is 16.2. The van der Waals surface area contributed by atoms with E-state index in [4.69, 9.17) is 11.6 Å². The molecule has 2 N–H and O–H groups in total. The van der Waals surface area contributed by atoms with Gasteiger partial charge in [-0.05, 0) is 48.4 Å². The number of hydrogen-bond donors (Lipinski definition) is 2. The number of anilines is 2. The molecule has 1 aromatic heterocycles. The minimum absolute atomic E-state index is 0.122. The normalized spacial score (nSPS) is 10.5. The second-order valence-corrected chi connectivity index (χ2v) is 6.25. The van der Waals surface area contributed by atoms with Crippen molar-refractivity contribution >= 4 is 28.9 Å². The Kier molecular flexibility index (Phi) is 5.98. The highest BCUT2D eigenvalue weighted by Gasteiger charge is 2.08. The molecule has 0 aliphatic carbocycles. The monoisotopic (exact) mass is 387 g/mol. The highest BCUT2D eigenvalue weighted by atomic mass is 35.5. The Labute approximate surface area is 160 Å². The Hall–Kier alpha value is -2.99. The van der Waals surface area contributed by atoms with E-state index in [1.54, 1.807) is 12.1 Å². The lowest BCUT2D eigenvalue weighted by Crippen LogP contribution is -2.26. The lowest BCUT2D eigenvalue weighted by Gasteiger charge is -2.09. The maximum absolute atomic E-state index is 13.7. The van der Waals surface area contributed by atoms with Crippen LogP contribution in [0.4, 0.5) is 20.2 Å². The molecule has 3 rings (SSSR count). The molecule has 0 saturated heterocycles. The number of benzene rings is 2. The zero-order chi connectivity index (χ0) is 19.2. The van der Waals surface area contributed by atoms with E-state index < -0.39 is 11.6 Å². The Morgan fingerprint density at radius 1 is 1.07 bits per heavy atom. The van der Waals surface area contributed by atoms with Crippen LogP contribution in [0.25, 0.3) is 0 Å². The summed E-state index contributed by atoms with van der Waals surface area (Å²) in [6, 6.07) is 13.8. The van der Waals surface area contributed by atoms with Crippen LogP contribution in [-0.2, 0) is 6.42 Å². The molecule has 1 heterocycles. The molecular formula is C20H16ClF2N3O. The summed E-state index contributed by atoms with van der Waals surface area (Å²) in [5.74, 6) is -1.67. The van der Waals surface area contributed by atoms with Gasteiger partial charge < -0.3 is 10.6 Å². The van der Waals surface area contributed by atoms with Gasteiger partial charge in [0.1, 0.15) is 17.3 Å². The number of nitrogens with zero attached hydrogens (tertiary/aromatic N) is 1. The van der Waals surface area contributed by atoms with Gasteiger partial charge in [-0.15, -0.1) is 0 Å².